The van der Waals surface area contributed by atoms with E-state index in [0.717, 1.165) is 18.4 Å². The Labute approximate surface area is 65.9 Å². The van der Waals surface area contributed by atoms with Crippen molar-refractivity contribution in [3.8, 4) is 0 Å². The minimum Gasteiger partial charge on any atom is -0.362 e. The van der Waals surface area contributed by atoms with Crippen molar-refractivity contribution in [3.05, 3.63) is 0 Å². The van der Waals surface area contributed by atoms with Crippen LogP contribution in [0.1, 0.15) is 6.42 Å². The van der Waals surface area contributed by atoms with Gasteiger partial charge in [-0.3, -0.25) is 4.90 Å². The van der Waals surface area contributed by atoms with E-state index < -0.39 is 0 Å². The van der Waals surface area contributed by atoms with Crippen LogP contribution < -0.4 is 0 Å². The van der Waals surface area contributed by atoms with Crippen molar-refractivity contribution < 1.29 is 4.74 Å². The number of fused-ring (bicyclic) bond motifs is 5. The Hall–Kier alpha value is 0.270. The van der Waals surface area contributed by atoms with E-state index in [1.807, 2.05) is 0 Å². The molecule has 3 fully saturated rings. The quantitative estimate of drug-likeness (QED) is 0.516. The minimum absolute atomic E-state index is 0.459. The van der Waals surface area contributed by atoms with Gasteiger partial charge in [-0.2, -0.15) is 12.6 Å². The molecule has 0 aromatic heterocycles. The van der Waals surface area contributed by atoms with Crippen molar-refractivity contribution in [2.24, 2.45) is 11.8 Å². The number of piperidine rings is 1. The second-order valence-electron chi connectivity index (χ2n) is 3.56. The van der Waals surface area contributed by atoms with Crippen LogP contribution in [0.5, 0.6) is 0 Å². The summed E-state index contributed by atoms with van der Waals surface area (Å²) >= 11 is 4.48. The number of hydrogen-bond acceptors (Lipinski definition) is 3. The molecule has 0 aromatic carbocycles. The molecule has 0 aliphatic carbocycles. The molecule has 0 N–H and O–H groups in total. The Balaban J connectivity index is 1.91. The lowest BCUT2D eigenvalue weighted by Gasteiger charge is -2.42. The van der Waals surface area contributed by atoms with Gasteiger partial charge >= 0.3 is 0 Å². The Morgan fingerprint density at radius 1 is 1.50 bits per heavy atom. The van der Waals surface area contributed by atoms with E-state index in [-0.39, 0.29) is 0 Å². The highest BCUT2D eigenvalue weighted by Gasteiger charge is 2.55. The minimum atomic E-state index is 0.459. The smallest absolute Gasteiger partial charge is 0.116 e. The lowest BCUT2D eigenvalue weighted by Crippen LogP contribution is -2.51. The third-order valence-electron chi connectivity index (χ3n) is 3.10. The lowest BCUT2D eigenvalue weighted by atomic mass is 9.89. The van der Waals surface area contributed by atoms with E-state index in [4.69, 9.17) is 4.74 Å². The fraction of sp³-hybridized carbons (Fsp3) is 1.00. The van der Waals surface area contributed by atoms with Crippen LogP contribution in [-0.2, 0) is 4.74 Å². The molecular weight excluding hydrogens is 146 g/mol. The van der Waals surface area contributed by atoms with Gasteiger partial charge in [0.1, 0.15) is 6.23 Å². The Kier molecular flexibility index (Phi) is 1.00. The Bertz CT molecular complexity index is 173. The van der Waals surface area contributed by atoms with Gasteiger partial charge in [0, 0.05) is 12.5 Å². The van der Waals surface area contributed by atoms with Gasteiger partial charge in [-0.05, 0) is 12.3 Å². The van der Waals surface area contributed by atoms with E-state index in [1.54, 1.807) is 0 Å². The second kappa shape index (κ2) is 1.71. The monoisotopic (exact) mass is 157 g/mol. The van der Waals surface area contributed by atoms with Crippen molar-refractivity contribution in [2.45, 2.75) is 18.0 Å². The zero-order valence-electron chi connectivity index (χ0n) is 5.73. The van der Waals surface area contributed by atoms with E-state index in [2.05, 4.69) is 17.5 Å². The summed E-state index contributed by atoms with van der Waals surface area (Å²) in [5.41, 5.74) is 0. The van der Waals surface area contributed by atoms with E-state index >= 15 is 0 Å². The zero-order chi connectivity index (χ0) is 6.72. The maximum Gasteiger partial charge on any atom is 0.116 e. The predicted octanol–water partition coefficient (Wildman–Crippen LogP) is 0.550. The summed E-state index contributed by atoms with van der Waals surface area (Å²) in [5.74, 6) is 1.77. The highest BCUT2D eigenvalue weighted by atomic mass is 32.1. The van der Waals surface area contributed by atoms with E-state index in [0.29, 0.717) is 11.6 Å². The lowest BCUT2D eigenvalue weighted by molar-refractivity contribution is -0.182. The van der Waals surface area contributed by atoms with Gasteiger partial charge in [0.15, 0.2) is 0 Å². The van der Waals surface area contributed by atoms with Crippen molar-refractivity contribution in [1.82, 2.24) is 4.90 Å². The molecule has 3 rings (SSSR count). The first kappa shape index (κ1) is 5.86. The van der Waals surface area contributed by atoms with Gasteiger partial charge in [-0.15, -0.1) is 0 Å². The average molecular weight is 157 g/mol. The van der Waals surface area contributed by atoms with Crippen LogP contribution in [0.2, 0.25) is 0 Å². The molecule has 2 bridgehead atoms. The largest absolute Gasteiger partial charge is 0.362 e. The molecule has 10 heavy (non-hydrogen) atoms. The van der Waals surface area contributed by atoms with Gasteiger partial charge in [-0.1, -0.05) is 0 Å². The summed E-state index contributed by atoms with van der Waals surface area (Å²) in [5, 5.41) is 0.492. The summed E-state index contributed by atoms with van der Waals surface area (Å²) in [6.07, 6.45) is 1.74. The Morgan fingerprint density at radius 3 is 2.90 bits per heavy atom. The fourth-order valence-corrected chi connectivity index (χ4v) is 2.96. The molecule has 0 radical (unpaired) electrons. The van der Waals surface area contributed by atoms with Gasteiger partial charge in [0.05, 0.1) is 12.0 Å². The predicted molar refractivity (Wildman–Crippen MR) is 40.8 cm³/mol. The average Bonchev–Trinajstić information content (AvgIpc) is 2.17. The maximum absolute atomic E-state index is 5.44. The molecule has 3 aliphatic heterocycles. The van der Waals surface area contributed by atoms with Crippen molar-refractivity contribution in [3.63, 3.8) is 0 Å². The summed E-state index contributed by atoms with van der Waals surface area (Å²) in [6.45, 7) is 2.25. The standard InChI is InChI=1S/C7H11NOS/c10-6-1-4-2-8(6)7-5(4)3-9-7/h4-7,10H,1-3H2. The first-order chi connectivity index (χ1) is 4.86. The summed E-state index contributed by atoms with van der Waals surface area (Å²) in [6, 6.07) is 0. The van der Waals surface area contributed by atoms with Crippen LogP contribution in [0.3, 0.4) is 0 Å². The number of rotatable bonds is 0. The van der Waals surface area contributed by atoms with Crippen LogP contribution in [-0.4, -0.2) is 29.7 Å². The van der Waals surface area contributed by atoms with Crippen LogP contribution in [0.4, 0.5) is 0 Å². The van der Waals surface area contributed by atoms with Crippen LogP contribution in [0, 0.1) is 11.8 Å². The van der Waals surface area contributed by atoms with Gasteiger partial charge < -0.3 is 4.74 Å². The summed E-state index contributed by atoms with van der Waals surface area (Å²) in [4.78, 5) is 2.39. The molecule has 0 saturated carbocycles. The van der Waals surface area contributed by atoms with Crippen molar-refractivity contribution in [2.75, 3.05) is 13.2 Å². The van der Waals surface area contributed by atoms with Crippen LogP contribution in [0.15, 0.2) is 0 Å². The molecule has 3 saturated heterocycles. The topological polar surface area (TPSA) is 12.5 Å². The van der Waals surface area contributed by atoms with Crippen molar-refractivity contribution in [1.29, 1.82) is 0 Å². The molecule has 56 valence electrons. The van der Waals surface area contributed by atoms with Gasteiger partial charge in [0.25, 0.3) is 0 Å². The van der Waals surface area contributed by atoms with Crippen molar-refractivity contribution >= 4 is 12.6 Å². The molecule has 0 amide bonds. The first-order valence-electron chi connectivity index (χ1n) is 3.91. The maximum atomic E-state index is 5.44. The highest BCUT2D eigenvalue weighted by Crippen LogP contribution is 2.48. The van der Waals surface area contributed by atoms with E-state index in [1.165, 1.54) is 13.0 Å². The molecule has 0 aromatic rings. The summed E-state index contributed by atoms with van der Waals surface area (Å²) < 4.78 is 5.44. The third-order valence-corrected chi connectivity index (χ3v) is 3.61. The van der Waals surface area contributed by atoms with Gasteiger partial charge in [-0.25, -0.2) is 0 Å². The highest BCUT2D eigenvalue weighted by molar-refractivity contribution is 7.80. The molecule has 2 nitrogen and oxygen atoms in total. The molecule has 3 aliphatic rings. The zero-order valence-corrected chi connectivity index (χ0v) is 6.63. The third kappa shape index (κ3) is 0.510. The van der Waals surface area contributed by atoms with Crippen LogP contribution in [0.25, 0.3) is 0 Å². The molecule has 5 unspecified atom stereocenters. The molecule has 5 atom stereocenters. The van der Waals surface area contributed by atoms with Gasteiger partial charge in [0.2, 0.25) is 0 Å². The van der Waals surface area contributed by atoms with Crippen LogP contribution >= 0.6 is 12.6 Å². The fourth-order valence-electron chi connectivity index (χ4n) is 2.46. The number of ether oxygens (including phenoxy) is 1. The molecular formula is C7H11NOS. The molecule has 0 spiro atoms. The number of thiol groups is 1. The second-order valence-corrected chi connectivity index (χ2v) is 4.16. The molecule has 3 heterocycles. The Morgan fingerprint density at radius 2 is 2.40 bits per heavy atom. The summed E-state index contributed by atoms with van der Waals surface area (Å²) in [7, 11) is 0. The normalized spacial score (nSPS) is 63.9. The number of hydrogen-bond donors (Lipinski definition) is 1. The number of nitrogens with zero attached hydrogens (tertiary/aromatic N) is 1. The van der Waals surface area contributed by atoms with E-state index in [9.17, 15) is 0 Å². The molecule has 3 heteroatoms. The SMILES string of the molecule is SC1CC2CN1C1OCC21. The first-order valence-corrected chi connectivity index (χ1v) is 4.43.